The van der Waals surface area contributed by atoms with Gasteiger partial charge in [0.2, 0.25) is 0 Å². The summed E-state index contributed by atoms with van der Waals surface area (Å²) >= 11 is 0. The predicted octanol–water partition coefficient (Wildman–Crippen LogP) is 18.2. The quantitative estimate of drug-likeness (QED) is 0.161. The molecule has 1 unspecified atom stereocenters. The Kier molecular flexibility index (Phi) is 8.61. The summed E-state index contributed by atoms with van der Waals surface area (Å²) in [6, 6.07) is 99.3. The highest BCUT2D eigenvalue weighted by Gasteiger charge is 2.50. The second kappa shape index (κ2) is 15.4. The number of nitrogens with zero attached hydrogens (tertiary/aromatic N) is 2. The van der Waals surface area contributed by atoms with Crippen LogP contribution in [-0.2, 0) is 5.41 Å². The van der Waals surface area contributed by atoms with Crippen molar-refractivity contribution < 1.29 is 0 Å². The summed E-state index contributed by atoms with van der Waals surface area (Å²) < 4.78 is 2.39. The molecule has 1 aromatic heterocycles. The zero-order chi connectivity index (χ0) is 46.6. The zero-order valence-electron chi connectivity index (χ0n) is 38.8. The van der Waals surface area contributed by atoms with E-state index in [0.717, 1.165) is 28.3 Å². The first kappa shape index (κ1) is 39.7. The van der Waals surface area contributed by atoms with Crippen molar-refractivity contribution in [2.75, 3.05) is 4.90 Å². The molecule has 0 radical (unpaired) electrons. The van der Waals surface area contributed by atoms with Crippen LogP contribution in [0.2, 0.25) is 0 Å². The van der Waals surface area contributed by atoms with E-state index in [1.165, 1.54) is 105 Å². The first-order valence-corrected chi connectivity index (χ1v) is 24.7. The molecule has 12 aromatic carbocycles. The first-order chi connectivity index (χ1) is 35.2. The van der Waals surface area contributed by atoms with Crippen LogP contribution in [-0.4, -0.2) is 4.57 Å². The Morgan fingerprint density at radius 2 is 0.887 bits per heavy atom. The molecule has 0 amide bonds. The van der Waals surface area contributed by atoms with Crippen LogP contribution in [0.4, 0.5) is 17.1 Å². The van der Waals surface area contributed by atoms with Gasteiger partial charge in [-0.05, 0) is 155 Å². The average molecular weight is 901 g/mol. The highest BCUT2D eigenvalue weighted by atomic mass is 15.1. The van der Waals surface area contributed by atoms with Crippen LogP contribution in [0.15, 0.2) is 267 Å². The lowest BCUT2D eigenvalue weighted by Crippen LogP contribution is -2.32. The van der Waals surface area contributed by atoms with Crippen LogP contribution in [0.3, 0.4) is 0 Å². The number of hydrogen-bond donors (Lipinski definition) is 0. The first-order valence-electron chi connectivity index (χ1n) is 24.7. The van der Waals surface area contributed by atoms with E-state index >= 15 is 0 Å². The van der Waals surface area contributed by atoms with E-state index in [4.69, 9.17) is 0 Å². The van der Waals surface area contributed by atoms with Gasteiger partial charge in [-0.15, -0.1) is 0 Å². The van der Waals surface area contributed by atoms with Gasteiger partial charge in [0, 0.05) is 33.5 Å². The third kappa shape index (κ3) is 5.77. The molecule has 13 aromatic rings. The molecular formula is C69H44N2. The molecule has 71 heavy (non-hydrogen) atoms. The maximum absolute atomic E-state index is 2.52. The molecule has 2 nitrogen and oxygen atoms in total. The van der Waals surface area contributed by atoms with E-state index in [1.54, 1.807) is 0 Å². The largest absolute Gasteiger partial charge is 0.310 e. The van der Waals surface area contributed by atoms with Crippen LogP contribution >= 0.6 is 0 Å². The molecule has 0 saturated heterocycles. The maximum Gasteiger partial charge on any atom is 0.0726 e. The fourth-order valence-electron chi connectivity index (χ4n) is 12.6. The van der Waals surface area contributed by atoms with Gasteiger partial charge in [0.05, 0.1) is 16.4 Å². The molecule has 1 atom stereocenters. The van der Waals surface area contributed by atoms with Gasteiger partial charge in [0.1, 0.15) is 0 Å². The summed E-state index contributed by atoms with van der Waals surface area (Å²) in [4.78, 5) is 2.47. The minimum atomic E-state index is -0.575. The number of para-hydroxylation sites is 2. The summed E-state index contributed by atoms with van der Waals surface area (Å²) in [5.41, 5.74) is 21.5. The molecule has 1 heterocycles. The molecule has 0 saturated carbocycles. The zero-order valence-corrected chi connectivity index (χ0v) is 38.8. The Bertz CT molecular complexity index is 4270. The minimum absolute atomic E-state index is 0.575. The van der Waals surface area contributed by atoms with E-state index < -0.39 is 5.41 Å². The van der Waals surface area contributed by atoms with E-state index in [1.807, 2.05) is 0 Å². The van der Waals surface area contributed by atoms with E-state index in [-0.39, 0.29) is 0 Å². The average Bonchev–Trinajstić information content (AvgIpc) is 3.93. The van der Waals surface area contributed by atoms with Crippen molar-refractivity contribution in [3.05, 3.63) is 289 Å². The Hall–Kier alpha value is -9.24. The normalized spacial score (nSPS) is 14.3. The minimum Gasteiger partial charge on any atom is -0.310 e. The maximum atomic E-state index is 2.52. The van der Waals surface area contributed by atoms with Crippen LogP contribution in [0, 0.1) is 0 Å². The van der Waals surface area contributed by atoms with Crippen LogP contribution in [0.1, 0.15) is 22.3 Å². The molecule has 2 aliphatic carbocycles. The van der Waals surface area contributed by atoms with Crippen LogP contribution in [0.25, 0.3) is 93.5 Å². The van der Waals surface area contributed by atoms with Crippen LogP contribution in [0.5, 0.6) is 0 Å². The summed E-state index contributed by atoms with van der Waals surface area (Å²) in [6.45, 7) is 0. The van der Waals surface area contributed by atoms with Crippen molar-refractivity contribution in [2.24, 2.45) is 0 Å². The molecule has 0 N–H and O–H groups in total. The summed E-state index contributed by atoms with van der Waals surface area (Å²) in [5.74, 6) is 0. The number of hydrogen-bond acceptors (Lipinski definition) is 1. The van der Waals surface area contributed by atoms with Crippen molar-refractivity contribution in [3.8, 4) is 50.2 Å². The summed E-state index contributed by atoms with van der Waals surface area (Å²) in [7, 11) is 0. The second-order valence-corrected chi connectivity index (χ2v) is 19.2. The van der Waals surface area contributed by atoms with Gasteiger partial charge >= 0.3 is 0 Å². The highest BCUT2D eigenvalue weighted by Crippen LogP contribution is 2.63. The molecule has 330 valence electrons. The number of aromatic nitrogens is 1. The second-order valence-electron chi connectivity index (χ2n) is 19.2. The van der Waals surface area contributed by atoms with Crippen molar-refractivity contribution in [3.63, 3.8) is 0 Å². The summed E-state index contributed by atoms with van der Waals surface area (Å²) in [5, 5.41) is 7.61. The smallest absolute Gasteiger partial charge is 0.0726 e. The lowest BCUT2D eigenvalue weighted by atomic mass is 9.61. The number of rotatable bonds is 6. The number of anilines is 3. The van der Waals surface area contributed by atoms with Crippen molar-refractivity contribution >= 4 is 60.4 Å². The van der Waals surface area contributed by atoms with Gasteiger partial charge in [0.15, 0.2) is 0 Å². The van der Waals surface area contributed by atoms with Gasteiger partial charge < -0.3 is 9.47 Å². The van der Waals surface area contributed by atoms with Gasteiger partial charge in [-0.3, -0.25) is 0 Å². The molecule has 2 aliphatic rings. The Morgan fingerprint density at radius 1 is 0.296 bits per heavy atom. The SMILES string of the molecule is c1ccc(-c2ccc(N(c3cccc(-c4ccc5c(c4)c4ccccc4n5-c4ccccc4)c3)c3ccc4c(c3)C3(c5ccccc5-4)c4ccc5ccccc5c4-c4cccc5cccc3c45)cc2)cc1. The Balaban J connectivity index is 0.960. The summed E-state index contributed by atoms with van der Waals surface area (Å²) in [6.07, 6.45) is 0. The van der Waals surface area contributed by atoms with Gasteiger partial charge in [0.25, 0.3) is 0 Å². The molecule has 0 bridgehead atoms. The lowest BCUT2D eigenvalue weighted by Gasteiger charge is -2.41. The Labute approximate surface area is 412 Å². The van der Waals surface area contributed by atoms with Crippen molar-refractivity contribution in [1.29, 1.82) is 0 Å². The topological polar surface area (TPSA) is 8.17 Å². The molecule has 1 spiro atoms. The fraction of sp³-hybridized carbons (Fsp3) is 0.0145. The highest BCUT2D eigenvalue weighted by molar-refractivity contribution is 6.14. The molecule has 0 fully saturated rings. The van der Waals surface area contributed by atoms with Crippen molar-refractivity contribution in [2.45, 2.75) is 5.41 Å². The van der Waals surface area contributed by atoms with E-state index in [0.29, 0.717) is 0 Å². The van der Waals surface area contributed by atoms with E-state index in [9.17, 15) is 0 Å². The van der Waals surface area contributed by atoms with Crippen molar-refractivity contribution in [1.82, 2.24) is 4.57 Å². The monoisotopic (exact) mass is 900 g/mol. The third-order valence-corrected chi connectivity index (χ3v) is 15.6. The lowest BCUT2D eigenvalue weighted by molar-refractivity contribution is 0.775. The van der Waals surface area contributed by atoms with Gasteiger partial charge in [-0.1, -0.05) is 200 Å². The van der Waals surface area contributed by atoms with E-state index in [2.05, 4.69) is 276 Å². The molecular weight excluding hydrogens is 857 g/mol. The Morgan fingerprint density at radius 3 is 1.76 bits per heavy atom. The predicted molar refractivity (Wildman–Crippen MR) is 298 cm³/mol. The third-order valence-electron chi connectivity index (χ3n) is 15.6. The number of fused-ring (bicyclic) bond motifs is 14. The van der Waals surface area contributed by atoms with Gasteiger partial charge in [-0.2, -0.15) is 0 Å². The standard InChI is InChI=1S/C69H44N2/c1-3-16-45(17-4-1)46-32-36-52(37-33-46)70(53-24-13-21-49(42-53)50-35-41-66-60(43-50)58-27-10-12-31-65(58)71(66)51-22-5-2-6-23-51)54-38-39-57-56-26-9-11-29-61(56)69(64(57)44-54)62-30-15-20-48-19-14-28-59(67(48)62)68-55-25-8-7-18-47(55)34-40-63(68)69/h1-44H. The molecule has 2 heteroatoms. The fourth-order valence-corrected chi connectivity index (χ4v) is 12.6. The molecule has 0 aliphatic heterocycles. The van der Waals surface area contributed by atoms with Crippen LogP contribution < -0.4 is 4.90 Å². The number of benzene rings is 12. The van der Waals surface area contributed by atoms with Gasteiger partial charge in [-0.25, -0.2) is 0 Å². The molecule has 15 rings (SSSR count).